The van der Waals surface area contributed by atoms with E-state index in [1.165, 1.54) is 12.5 Å². The van der Waals surface area contributed by atoms with E-state index in [1.807, 2.05) is 24.3 Å². The van der Waals surface area contributed by atoms with Gasteiger partial charge < -0.3 is 41.9 Å². The highest BCUT2D eigenvalue weighted by atomic mass is 32.1. The van der Waals surface area contributed by atoms with Crippen LogP contribution in [0, 0.1) is 0 Å². The van der Waals surface area contributed by atoms with Crippen molar-refractivity contribution in [1.29, 1.82) is 0 Å². The van der Waals surface area contributed by atoms with Crippen molar-refractivity contribution >= 4 is 53.2 Å². The average molecular weight is 574 g/mol. The first-order chi connectivity index (χ1) is 19.1. The van der Waals surface area contributed by atoms with Crippen LogP contribution >= 0.6 is 12.6 Å². The number of aliphatic carboxylic acids is 2. The van der Waals surface area contributed by atoms with Crippen LogP contribution in [-0.4, -0.2) is 84.7 Å². The van der Waals surface area contributed by atoms with E-state index in [0.29, 0.717) is 11.3 Å². The van der Waals surface area contributed by atoms with Crippen LogP contribution in [0.2, 0.25) is 0 Å². The van der Waals surface area contributed by atoms with E-state index < -0.39 is 53.8 Å². The number of carbonyl (C=O) groups excluding carboxylic acids is 3. The Hall–Kier alpha value is -4.37. The SMILES string of the molecule is NC(CCC(=O)O)C(=O)NC(CS)C(=O)NC(Cc1cnc[nH]1)C(=O)NC(Cc1c[nH]c2ccccc12)C(=O)O. The molecular formula is C25H31N7O7S. The number of nitrogens with two attached hydrogens (primary N) is 1. The van der Waals surface area contributed by atoms with Gasteiger partial charge in [0.25, 0.3) is 0 Å². The maximum absolute atomic E-state index is 13.3. The first-order valence-corrected chi connectivity index (χ1v) is 13.0. The van der Waals surface area contributed by atoms with E-state index in [0.717, 1.165) is 10.9 Å². The van der Waals surface area contributed by atoms with E-state index >= 15 is 0 Å². The van der Waals surface area contributed by atoms with Crippen molar-refractivity contribution in [1.82, 2.24) is 30.9 Å². The summed E-state index contributed by atoms with van der Waals surface area (Å²) in [6.07, 6.45) is 3.98. The van der Waals surface area contributed by atoms with Gasteiger partial charge in [0.05, 0.1) is 12.4 Å². The normalized spacial score (nSPS) is 14.1. The number of rotatable bonds is 15. The van der Waals surface area contributed by atoms with Gasteiger partial charge in [-0.15, -0.1) is 0 Å². The van der Waals surface area contributed by atoms with E-state index in [2.05, 4.69) is 43.5 Å². The summed E-state index contributed by atoms with van der Waals surface area (Å²) in [7, 11) is 0. The largest absolute Gasteiger partial charge is 0.481 e. The molecule has 214 valence electrons. The van der Waals surface area contributed by atoms with Crippen LogP contribution < -0.4 is 21.7 Å². The summed E-state index contributed by atoms with van der Waals surface area (Å²) in [5.41, 5.74) is 7.72. The van der Waals surface area contributed by atoms with Gasteiger partial charge in [-0.3, -0.25) is 19.2 Å². The number of carbonyl (C=O) groups is 5. The van der Waals surface area contributed by atoms with Gasteiger partial charge in [0.15, 0.2) is 0 Å². The number of para-hydroxylation sites is 1. The van der Waals surface area contributed by atoms with Crippen LogP contribution in [0.15, 0.2) is 43.0 Å². The number of hydrogen-bond donors (Lipinski definition) is 9. The third-order valence-electron chi connectivity index (χ3n) is 6.15. The lowest BCUT2D eigenvalue weighted by Crippen LogP contribution is -2.58. The molecule has 0 aliphatic heterocycles. The predicted octanol–water partition coefficient (Wildman–Crippen LogP) is -0.663. The number of aromatic nitrogens is 3. The number of benzene rings is 1. The van der Waals surface area contributed by atoms with Crippen molar-refractivity contribution in [3.05, 3.63) is 54.2 Å². The Morgan fingerprint density at radius 2 is 1.60 bits per heavy atom. The Kier molecular flexibility index (Phi) is 10.7. The van der Waals surface area contributed by atoms with Crippen LogP contribution in [-0.2, 0) is 36.8 Å². The third-order valence-corrected chi connectivity index (χ3v) is 6.51. The lowest BCUT2D eigenvalue weighted by Gasteiger charge is -2.24. The van der Waals surface area contributed by atoms with Crippen molar-refractivity contribution in [3.63, 3.8) is 0 Å². The second-order valence-corrected chi connectivity index (χ2v) is 9.45. The molecule has 40 heavy (non-hydrogen) atoms. The molecule has 3 aromatic rings. The van der Waals surface area contributed by atoms with Crippen LogP contribution in [0.3, 0.4) is 0 Å². The first kappa shape index (κ1) is 30.2. The number of nitrogens with zero attached hydrogens (tertiary/aromatic N) is 1. The van der Waals surface area contributed by atoms with Crippen molar-refractivity contribution < 1.29 is 34.2 Å². The van der Waals surface area contributed by atoms with Gasteiger partial charge in [-0.2, -0.15) is 12.6 Å². The highest BCUT2D eigenvalue weighted by Crippen LogP contribution is 2.19. The Bertz CT molecular complexity index is 1340. The molecule has 4 atom stereocenters. The topological polar surface area (TPSA) is 232 Å². The summed E-state index contributed by atoms with van der Waals surface area (Å²) in [4.78, 5) is 71.3. The standard InChI is InChI=1S/C25H31N7O7S/c26-16(5-6-21(33)34)22(35)32-20(11-40)24(37)30-18(8-14-10-27-12-29-14)23(36)31-19(25(38)39)7-13-9-28-17-4-2-1-3-15(13)17/h1-4,9-10,12,16,18-20,28,40H,5-8,11,26H2,(H,27,29)(H,30,37)(H,31,36)(H,32,35)(H,33,34)(H,38,39). The molecule has 0 saturated carbocycles. The predicted molar refractivity (Wildman–Crippen MR) is 146 cm³/mol. The van der Waals surface area contributed by atoms with E-state index in [4.69, 9.17) is 10.8 Å². The minimum Gasteiger partial charge on any atom is -0.481 e. The second kappa shape index (κ2) is 14.1. The first-order valence-electron chi connectivity index (χ1n) is 12.3. The summed E-state index contributed by atoms with van der Waals surface area (Å²) in [5.74, 6) is -4.82. The fourth-order valence-corrected chi connectivity index (χ4v) is 4.23. The van der Waals surface area contributed by atoms with Gasteiger partial charge in [0.1, 0.15) is 18.1 Å². The molecule has 15 heteroatoms. The van der Waals surface area contributed by atoms with Crippen molar-refractivity contribution in [3.8, 4) is 0 Å². The number of carboxylic acid groups (broad SMARTS) is 2. The summed E-state index contributed by atoms with van der Waals surface area (Å²) in [6.45, 7) is 0. The maximum Gasteiger partial charge on any atom is 0.326 e. The number of aromatic amines is 2. The Labute approximate surface area is 233 Å². The molecule has 0 fully saturated rings. The quantitative estimate of drug-likeness (QED) is 0.105. The Morgan fingerprint density at radius 1 is 0.925 bits per heavy atom. The lowest BCUT2D eigenvalue weighted by atomic mass is 10.0. The maximum atomic E-state index is 13.3. The zero-order valence-electron chi connectivity index (χ0n) is 21.3. The molecule has 1 aromatic carbocycles. The minimum atomic E-state index is -1.31. The smallest absolute Gasteiger partial charge is 0.326 e. The number of imidazole rings is 1. The fraction of sp³-hybridized carbons (Fsp3) is 0.360. The fourth-order valence-electron chi connectivity index (χ4n) is 3.97. The average Bonchev–Trinajstić information content (AvgIpc) is 3.59. The van der Waals surface area contributed by atoms with E-state index in [1.54, 1.807) is 6.20 Å². The summed E-state index contributed by atoms with van der Waals surface area (Å²) in [5, 5.41) is 26.9. The molecule has 3 amide bonds. The summed E-state index contributed by atoms with van der Waals surface area (Å²) in [6, 6.07) is 2.42. The molecule has 9 N–H and O–H groups in total. The van der Waals surface area contributed by atoms with Crippen molar-refractivity contribution in [2.75, 3.05) is 5.75 Å². The highest BCUT2D eigenvalue weighted by molar-refractivity contribution is 7.80. The zero-order valence-corrected chi connectivity index (χ0v) is 22.2. The number of fused-ring (bicyclic) bond motifs is 1. The van der Waals surface area contributed by atoms with Gasteiger partial charge in [-0.1, -0.05) is 18.2 Å². The van der Waals surface area contributed by atoms with Gasteiger partial charge >= 0.3 is 11.9 Å². The van der Waals surface area contributed by atoms with E-state index in [9.17, 15) is 29.1 Å². The monoisotopic (exact) mass is 573 g/mol. The Morgan fingerprint density at radius 3 is 2.25 bits per heavy atom. The molecule has 0 spiro atoms. The van der Waals surface area contributed by atoms with Gasteiger partial charge in [0, 0.05) is 54.0 Å². The number of amides is 3. The number of H-pyrrole nitrogens is 2. The molecular weight excluding hydrogens is 542 g/mol. The number of carboxylic acids is 2. The van der Waals surface area contributed by atoms with E-state index in [-0.39, 0.29) is 31.4 Å². The molecule has 4 unspecified atom stereocenters. The van der Waals surface area contributed by atoms with Gasteiger partial charge in [-0.25, -0.2) is 9.78 Å². The highest BCUT2D eigenvalue weighted by Gasteiger charge is 2.31. The molecule has 2 heterocycles. The molecule has 0 aliphatic rings. The number of nitrogens with one attached hydrogen (secondary N) is 5. The number of hydrogen-bond acceptors (Lipinski definition) is 8. The molecule has 2 aromatic heterocycles. The van der Waals surface area contributed by atoms with Crippen LogP contribution in [0.4, 0.5) is 0 Å². The molecule has 0 aliphatic carbocycles. The second-order valence-electron chi connectivity index (χ2n) is 9.09. The summed E-state index contributed by atoms with van der Waals surface area (Å²) >= 11 is 4.10. The van der Waals surface area contributed by atoms with Crippen LogP contribution in [0.1, 0.15) is 24.1 Å². The minimum absolute atomic E-state index is 0.0145. The molecule has 0 bridgehead atoms. The Balaban J connectivity index is 1.72. The van der Waals surface area contributed by atoms with Gasteiger partial charge in [0.2, 0.25) is 17.7 Å². The third kappa shape index (κ3) is 8.31. The molecule has 0 saturated heterocycles. The summed E-state index contributed by atoms with van der Waals surface area (Å²) < 4.78 is 0. The van der Waals surface area contributed by atoms with Crippen molar-refractivity contribution in [2.24, 2.45) is 5.73 Å². The molecule has 0 radical (unpaired) electrons. The van der Waals surface area contributed by atoms with Crippen LogP contribution in [0.25, 0.3) is 10.9 Å². The van der Waals surface area contributed by atoms with Crippen molar-refractivity contribution in [2.45, 2.75) is 49.9 Å². The van der Waals surface area contributed by atoms with Gasteiger partial charge in [-0.05, 0) is 18.1 Å². The van der Waals surface area contributed by atoms with Crippen LogP contribution in [0.5, 0.6) is 0 Å². The molecule has 3 rings (SSSR count). The molecule has 14 nitrogen and oxygen atoms in total. The lowest BCUT2D eigenvalue weighted by molar-refractivity contribution is -0.142. The number of thiol groups is 1. The zero-order chi connectivity index (χ0) is 29.2.